The minimum Gasteiger partial charge on any atom is -0.506 e. The molecular weight excluding hydrogens is 906 g/mol. The minimum absolute atomic E-state index is 0.0512. The number of aromatic hydroxyl groups is 1. The lowest BCUT2D eigenvalue weighted by molar-refractivity contribution is -0.236. The van der Waals surface area contributed by atoms with Crippen LogP contribution in [0.2, 0.25) is 0 Å². The smallest absolute Gasteiger partial charge is 0.322 e. The largest absolute Gasteiger partial charge is 0.506 e. The number of ether oxygens (including phenoxy) is 1. The summed E-state index contributed by atoms with van der Waals surface area (Å²) in [6.45, 7) is 4.59. The Hall–Kier alpha value is -5.09. The monoisotopic (exact) mass is 965 g/mol. The average Bonchev–Trinajstić information content (AvgIpc) is 3.32. The van der Waals surface area contributed by atoms with Crippen molar-refractivity contribution < 1.29 is 49.4 Å². The summed E-state index contributed by atoms with van der Waals surface area (Å²) < 4.78 is 6.00. The van der Waals surface area contributed by atoms with Crippen LogP contribution in [0.25, 0.3) is 0 Å². The highest BCUT2D eigenvalue weighted by Gasteiger charge is 2.43. The van der Waals surface area contributed by atoms with Gasteiger partial charge in [0.05, 0.1) is 11.1 Å². The normalized spacial score (nSPS) is 23.6. The van der Waals surface area contributed by atoms with Crippen molar-refractivity contribution in [3.63, 3.8) is 0 Å². The summed E-state index contributed by atoms with van der Waals surface area (Å²) >= 11 is 3.40. The SMILES string of the molecule is Cc1cc(C[C@@H](NC(=O)N2CCC(N3Cc4ccccc4NC3=O)CC2)C(=O)N[C@@H](CCCCN[C@@H]2O[C@H](CO)[C@H](O)C(O)[C@H]2O)C(=O)N2CCN(c3ccncc3)CC2)cc(Br)c1O. The van der Waals surface area contributed by atoms with Crippen LogP contribution in [0, 0.1) is 6.92 Å². The number of aliphatic hydroxyl groups is 4. The molecule has 2 aromatic carbocycles. The van der Waals surface area contributed by atoms with Crippen molar-refractivity contribution >= 4 is 51.2 Å². The van der Waals surface area contributed by atoms with Crippen molar-refractivity contribution in [2.75, 3.05) is 62.6 Å². The number of aromatic nitrogens is 1. The first-order valence-electron chi connectivity index (χ1n) is 22.3. The summed E-state index contributed by atoms with van der Waals surface area (Å²) in [5.74, 6) is -0.774. The lowest BCUT2D eigenvalue weighted by Gasteiger charge is -2.40. The van der Waals surface area contributed by atoms with Gasteiger partial charge >= 0.3 is 12.1 Å². The molecule has 352 valence electrons. The molecule has 3 aromatic rings. The van der Waals surface area contributed by atoms with E-state index in [1.54, 1.807) is 46.1 Å². The van der Waals surface area contributed by atoms with Gasteiger partial charge < -0.3 is 65.8 Å². The number of piperazine rings is 1. The molecule has 19 nitrogen and oxygen atoms in total. The van der Waals surface area contributed by atoms with Crippen molar-refractivity contribution in [2.24, 2.45) is 0 Å². The van der Waals surface area contributed by atoms with E-state index in [4.69, 9.17) is 4.74 Å². The number of likely N-dealkylation sites (tertiary alicyclic amines) is 1. The number of pyridine rings is 1. The Morgan fingerprint density at radius 3 is 2.34 bits per heavy atom. The molecular formula is C45H60BrN9O10. The highest BCUT2D eigenvalue weighted by Crippen LogP contribution is 2.30. The number of rotatable bonds is 15. The van der Waals surface area contributed by atoms with Gasteiger partial charge in [-0.3, -0.25) is 19.9 Å². The number of unbranched alkanes of at least 4 members (excludes halogenated alkanes) is 1. The van der Waals surface area contributed by atoms with E-state index < -0.39 is 61.3 Å². The summed E-state index contributed by atoms with van der Waals surface area (Å²) in [4.78, 5) is 67.4. The molecule has 1 unspecified atom stereocenters. The van der Waals surface area contributed by atoms with E-state index in [0.29, 0.717) is 87.1 Å². The number of aryl methyl sites for hydroxylation is 1. The molecule has 0 saturated carbocycles. The molecule has 65 heavy (non-hydrogen) atoms. The second kappa shape index (κ2) is 21.9. The van der Waals surface area contributed by atoms with E-state index in [0.717, 1.165) is 16.9 Å². The molecule has 3 saturated heterocycles. The molecule has 3 fully saturated rings. The second-order valence-electron chi connectivity index (χ2n) is 17.2. The fraction of sp³-hybridized carbons (Fsp3) is 0.533. The number of piperidine rings is 1. The number of hydrogen-bond acceptors (Lipinski definition) is 13. The van der Waals surface area contributed by atoms with Gasteiger partial charge in [0.1, 0.15) is 48.5 Å². The summed E-state index contributed by atoms with van der Waals surface area (Å²) in [6, 6.07) is 12.1. The Morgan fingerprint density at radius 2 is 1.63 bits per heavy atom. The van der Waals surface area contributed by atoms with Crippen molar-refractivity contribution in [2.45, 2.75) is 101 Å². The van der Waals surface area contributed by atoms with E-state index in [2.05, 4.69) is 47.1 Å². The Balaban J connectivity index is 1.03. The molecule has 7 atom stereocenters. The van der Waals surface area contributed by atoms with Crippen LogP contribution in [0.3, 0.4) is 0 Å². The summed E-state index contributed by atoms with van der Waals surface area (Å²) in [6.07, 6.45) is -0.861. The number of phenols is 1. The average molecular weight is 967 g/mol. The van der Waals surface area contributed by atoms with Gasteiger partial charge in [-0.1, -0.05) is 24.3 Å². The second-order valence-corrected chi connectivity index (χ2v) is 18.0. The first kappa shape index (κ1) is 47.9. The quantitative estimate of drug-likeness (QED) is 0.0979. The number of anilines is 2. The predicted molar refractivity (Wildman–Crippen MR) is 243 cm³/mol. The number of urea groups is 2. The molecule has 0 bridgehead atoms. The zero-order valence-corrected chi connectivity index (χ0v) is 38.0. The summed E-state index contributed by atoms with van der Waals surface area (Å²) in [5.41, 5.74) is 4.04. The number of para-hydroxylation sites is 1. The third-order valence-corrected chi connectivity index (χ3v) is 13.4. The molecule has 7 rings (SSSR count). The number of carbonyl (C=O) groups is 4. The number of hydrogen-bond donors (Lipinski definition) is 9. The van der Waals surface area contributed by atoms with E-state index in [1.807, 2.05) is 36.4 Å². The van der Waals surface area contributed by atoms with Crippen LogP contribution in [0.4, 0.5) is 21.0 Å². The van der Waals surface area contributed by atoms with E-state index >= 15 is 0 Å². The number of fused-ring (bicyclic) bond motifs is 1. The molecule has 4 aliphatic heterocycles. The Morgan fingerprint density at radius 1 is 0.908 bits per heavy atom. The molecule has 0 spiro atoms. The number of benzene rings is 2. The van der Waals surface area contributed by atoms with Gasteiger partial charge in [0, 0.05) is 82.0 Å². The zero-order chi connectivity index (χ0) is 46.2. The van der Waals surface area contributed by atoms with Gasteiger partial charge in [-0.05, 0) is 102 Å². The van der Waals surface area contributed by atoms with Crippen molar-refractivity contribution in [1.82, 2.24) is 35.6 Å². The molecule has 1 aromatic heterocycles. The predicted octanol–water partition coefficient (Wildman–Crippen LogP) is 1.38. The molecule has 0 aliphatic carbocycles. The first-order chi connectivity index (χ1) is 31.3. The van der Waals surface area contributed by atoms with Crippen LogP contribution in [-0.2, 0) is 27.3 Å². The number of carbonyl (C=O) groups excluding carboxylic acids is 4. The van der Waals surface area contributed by atoms with Crippen LogP contribution in [0.5, 0.6) is 5.75 Å². The maximum atomic E-state index is 14.5. The fourth-order valence-corrected chi connectivity index (χ4v) is 9.59. The number of nitrogens with zero attached hydrogens (tertiary/aromatic N) is 5. The van der Waals surface area contributed by atoms with Crippen LogP contribution in [0.1, 0.15) is 48.8 Å². The maximum Gasteiger partial charge on any atom is 0.322 e. The van der Waals surface area contributed by atoms with Gasteiger partial charge in [-0.15, -0.1) is 0 Å². The first-order valence-corrected chi connectivity index (χ1v) is 23.1. The highest BCUT2D eigenvalue weighted by molar-refractivity contribution is 9.10. The van der Waals surface area contributed by atoms with E-state index in [-0.39, 0.29) is 43.1 Å². The van der Waals surface area contributed by atoms with Crippen LogP contribution < -0.4 is 26.2 Å². The van der Waals surface area contributed by atoms with Crippen LogP contribution >= 0.6 is 15.9 Å². The van der Waals surface area contributed by atoms with Gasteiger partial charge in [0.2, 0.25) is 11.8 Å². The van der Waals surface area contributed by atoms with Gasteiger partial charge in [0.15, 0.2) is 0 Å². The van der Waals surface area contributed by atoms with Gasteiger partial charge in [-0.2, -0.15) is 0 Å². The van der Waals surface area contributed by atoms with Gasteiger partial charge in [0.25, 0.3) is 0 Å². The van der Waals surface area contributed by atoms with Crippen molar-refractivity contribution in [1.29, 1.82) is 0 Å². The topological polar surface area (TPSA) is 253 Å². The lowest BCUT2D eigenvalue weighted by atomic mass is 9.98. The fourth-order valence-electron chi connectivity index (χ4n) is 8.99. The summed E-state index contributed by atoms with van der Waals surface area (Å²) in [7, 11) is 0. The third kappa shape index (κ3) is 11.7. The highest BCUT2D eigenvalue weighted by atomic mass is 79.9. The molecule has 4 aliphatic rings. The lowest BCUT2D eigenvalue weighted by Crippen LogP contribution is -2.62. The number of phenolic OH excluding ortho intramolecular Hbond substituents is 1. The number of nitrogens with one attached hydrogen (secondary N) is 4. The van der Waals surface area contributed by atoms with Crippen molar-refractivity contribution in [3.8, 4) is 5.75 Å². The van der Waals surface area contributed by atoms with Gasteiger partial charge in [-0.25, -0.2) is 9.59 Å². The third-order valence-electron chi connectivity index (χ3n) is 12.8. The zero-order valence-electron chi connectivity index (χ0n) is 36.4. The Labute approximate surface area is 386 Å². The number of aliphatic hydroxyl groups excluding tert-OH is 4. The van der Waals surface area contributed by atoms with E-state index in [1.165, 1.54) is 0 Å². The Kier molecular flexibility index (Phi) is 16.1. The van der Waals surface area contributed by atoms with Crippen LogP contribution in [0.15, 0.2) is 65.4 Å². The maximum absolute atomic E-state index is 14.5. The molecule has 20 heteroatoms. The molecule has 0 radical (unpaired) electrons. The standard InChI is InChI=1S/C45H60BrN9O10/c1-27-22-28(23-32(46)37(27)57)24-35(51-44(63)54-16-11-31(12-17-54)55-25-29-6-2-3-7-33(29)50-45(55)64)41(61)49-34(43(62)53-20-18-52(19-21-53)30-9-14-47-15-10-30)8-4-5-13-48-42-40(60)39(59)38(58)36(26-56)65-42/h2-3,6-7,9-10,14-15,22-23,31,34-36,38-40,42,48,56-60H,4-5,8,11-13,16-21,24-26H2,1H3,(H,49,61)(H,50,64)(H,51,63)/t34-,35+,36+,38-,39?,40+,42+/m0/s1. The summed E-state index contributed by atoms with van der Waals surface area (Å²) in [5, 5.41) is 62.8. The molecule has 6 amide bonds. The molecule has 9 N–H and O–H groups in total. The van der Waals surface area contributed by atoms with Crippen molar-refractivity contribution in [3.05, 3.63) is 82.1 Å². The number of halogens is 1. The minimum atomic E-state index is -1.52. The number of amides is 6. The molecule has 5 heterocycles. The van der Waals surface area contributed by atoms with Crippen LogP contribution in [-0.4, -0.2) is 170 Å². The van der Waals surface area contributed by atoms with E-state index in [9.17, 15) is 44.7 Å². The Bertz CT molecular complexity index is 2100.